The van der Waals surface area contributed by atoms with Crippen molar-refractivity contribution in [2.45, 2.75) is 59.2 Å². The van der Waals surface area contributed by atoms with Gasteiger partial charge in [0.15, 0.2) is 6.61 Å². The van der Waals surface area contributed by atoms with Crippen LogP contribution in [-0.4, -0.2) is 35.4 Å². The van der Waals surface area contributed by atoms with E-state index in [1.165, 1.54) is 0 Å². The summed E-state index contributed by atoms with van der Waals surface area (Å²) >= 11 is 9.56. The summed E-state index contributed by atoms with van der Waals surface area (Å²) < 4.78 is 6.52. The molecule has 0 spiro atoms. The molecule has 168 valence electrons. The van der Waals surface area contributed by atoms with Gasteiger partial charge in [-0.2, -0.15) is 0 Å². The summed E-state index contributed by atoms with van der Waals surface area (Å²) in [6.45, 7) is 7.99. The summed E-state index contributed by atoms with van der Waals surface area (Å²) in [5.74, 6) is -0.00278. The molecule has 2 aromatic rings. The van der Waals surface area contributed by atoms with Crippen LogP contribution in [0.5, 0.6) is 5.75 Å². The second kappa shape index (κ2) is 12.1. The number of hydrogen-bond donors (Lipinski definition) is 1. The summed E-state index contributed by atoms with van der Waals surface area (Å²) in [6.07, 6.45) is 1.32. The monoisotopic (exact) mass is 508 g/mol. The summed E-state index contributed by atoms with van der Waals surface area (Å²) in [4.78, 5) is 27.7. The number of aryl methyl sites for hydroxylation is 1. The van der Waals surface area contributed by atoms with E-state index in [9.17, 15) is 9.59 Å². The van der Waals surface area contributed by atoms with Gasteiger partial charge in [-0.15, -0.1) is 0 Å². The van der Waals surface area contributed by atoms with Gasteiger partial charge < -0.3 is 15.0 Å². The molecule has 0 aliphatic heterocycles. The van der Waals surface area contributed by atoms with Gasteiger partial charge in [-0.05, 0) is 50.5 Å². The Morgan fingerprint density at radius 3 is 2.52 bits per heavy atom. The number of benzene rings is 2. The van der Waals surface area contributed by atoms with Gasteiger partial charge in [0.2, 0.25) is 5.91 Å². The topological polar surface area (TPSA) is 58.6 Å². The Hall–Kier alpha value is -2.05. The molecule has 0 aromatic heterocycles. The molecule has 0 radical (unpaired) electrons. The molecule has 0 saturated heterocycles. The third kappa shape index (κ3) is 7.54. The van der Waals surface area contributed by atoms with Crippen molar-refractivity contribution < 1.29 is 14.3 Å². The quantitative estimate of drug-likeness (QED) is 0.459. The molecule has 0 aliphatic rings. The van der Waals surface area contributed by atoms with Crippen LogP contribution >= 0.6 is 27.5 Å². The molecule has 1 N–H and O–H groups in total. The van der Waals surface area contributed by atoms with Gasteiger partial charge in [-0.25, -0.2) is 0 Å². The molecule has 5 nitrogen and oxygen atoms in total. The van der Waals surface area contributed by atoms with Crippen molar-refractivity contribution in [3.8, 4) is 5.75 Å². The Morgan fingerprint density at radius 2 is 1.90 bits per heavy atom. The number of hydrogen-bond acceptors (Lipinski definition) is 3. The van der Waals surface area contributed by atoms with Crippen molar-refractivity contribution in [2.24, 2.45) is 0 Å². The Bertz CT molecular complexity index is 906. The maximum absolute atomic E-state index is 13.2. The van der Waals surface area contributed by atoms with Crippen molar-refractivity contribution in [2.75, 3.05) is 6.61 Å². The minimum atomic E-state index is -0.592. The Kier molecular flexibility index (Phi) is 9.85. The molecule has 0 heterocycles. The molecule has 2 amide bonds. The highest BCUT2D eigenvalue weighted by molar-refractivity contribution is 9.10. The van der Waals surface area contributed by atoms with E-state index in [1.54, 1.807) is 23.1 Å². The fraction of sp³-hybridized carbons (Fsp3) is 0.417. The predicted molar refractivity (Wildman–Crippen MR) is 128 cm³/mol. The molecule has 2 aromatic carbocycles. The zero-order valence-corrected chi connectivity index (χ0v) is 20.8. The van der Waals surface area contributed by atoms with Crippen LogP contribution in [0.3, 0.4) is 0 Å². The Labute approximate surface area is 198 Å². The van der Waals surface area contributed by atoms with Gasteiger partial charge in [0, 0.05) is 17.1 Å². The first-order valence-electron chi connectivity index (χ1n) is 10.5. The molecule has 31 heavy (non-hydrogen) atoms. The average Bonchev–Trinajstić information content (AvgIpc) is 2.72. The van der Waals surface area contributed by atoms with Crippen molar-refractivity contribution in [1.29, 1.82) is 0 Å². The zero-order valence-electron chi connectivity index (χ0n) is 18.5. The van der Waals surface area contributed by atoms with Crippen LogP contribution in [-0.2, 0) is 16.1 Å². The lowest BCUT2D eigenvalue weighted by atomic mass is 10.1. The van der Waals surface area contributed by atoms with E-state index >= 15 is 0 Å². The maximum atomic E-state index is 13.2. The van der Waals surface area contributed by atoms with Gasteiger partial charge in [-0.3, -0.25) is 9.59 Å². The number of carbonyl (C=O) groups is 2. The van der Waals surface area contributed by atoms with Crippen LogP contribution in [0.4, 0.5) is 0 Å². The molecule has 2 atom stereocenters. The fourth-order valence-corrected chi connectivity index (χ4v) is 3.91. The molecular formula is C24H30BrClN2O3. The minimum Gasteiger partial charge on any atom is -0.482 e. The average molecular weight is 510 g/mol. The first-order valence-corrected chi connectivity index (χ1v) is 11.6. The van der Waals surface area contributed by atoms with E-state index in [2.05, 4.69) is 21.2 Å². The highest BCUT2D eigenvalue weighted by Crippen LogP contribution is 2.28. The minimum absolute atomic E-state index is 0.0373. The largest absolute Gasteiger partial charge is 0.482 e. The van der Waals surface area contributed by atoms with Crippen molar-refractivity contribution in [1.82, 2.24) is 10.2 Å². The third-order valence-corrected chi connectivity index (χ3v) is 5.86. The number of halogens is 2. The molecule has 7 heteroatoms. The van der Waals surface area contributed by atoms with Crippen LogP contribution in [0, 0.1) is 6.92 Å². The van der Waals surface area contributed by atoms with E-state index < -0.39 is 6.04 Å². The van der Waals surface area contributed by atoms with Crippen LogP contribution in [0.2, 0.25) is 5.02 Å². The van der Waals surface area contributed by atoms with E-state index in [0.29, 0.717) is 23.7 Å². The highest BCUT2D eigenvalue weighted by Gasteiger charge is 2.29. The Morgan fingerprint density at radius 1 is 1.16 bits per heavy atom. The first kappa shape index (κ1) is 25.2. The van der Waals surface area contributed by atoms with Crippen LogP contribution in [0.15, 0.2) is 46.9 Å². The van der Waals surface area contributed by atoms with Gasteiger partial charge >= 0.3 is 0 Å². The SMILES string of the molecule is CC[C@H](C(=O)N[C@@H](C)CC)N(Cc1cccc(C)c1)C(=O)COc1ccc(Br)cc1Cl. The molecule has 0 bridgehead atoms. The predicted octanol–water partition coefficient (Wildman–Crippen LogP) is 5.51. The standard InChI is InChI=1S/C24H30BrClN2O3/c1-5-17(4)27-24(30)21(6-2)28(14-18-9-7-8-16(3)12-18)23(29)15-31-22-11-10-19(25)13-20(22)26/h7-13,17,21H,5-6,14-15H2,1-4H3,(H,27,30)/t17-,21+/m0/s1. The zero-order chi connectivity index (χ0) is 23.0. The summed E-state index contributed by atoms with van der Waals surface area (Å²) in [5.41, 5.74) is 2.06. The second-order valence-electron chi connectivity index (χ2n) is 7.62. The fourth-order valence-electron chi connectivity index (χ4n) is 3.18. The number of ether oxygens (including phenoxy) is 1. The number of rotatable bonds is 10. The van der Waals surface area contributed by atoms with Crippen LogP contribution in [0.1, 0.15) is 44.7 Å². The van der Waals surface area contributed by atoms with Gasteiger partial charge in [-0.1, -0.05) is 71.2 Å². The molecular weight excluding hydrogens is 480 g/mol. The lowest BCUT2D eigenvalue weighted by Crippen LogP contribution is -2.51. The van der Waals surface area contributed by atoms with Crippen molar-refractivity contribution in [3.05, 3.63) is 63.1 Å². The number of nitrogens with zero attached hydrogens (tertiary/aromatic N) is 1. The van der Waals surface area contributed by atoms with Crippen molar-refractivity contribution in [3.63, 3.8) is 0 Å². The third-order valence-electron chi connectivity index (χ3n) is 5.07. The van der Waals surface area contributed by atoms with E-state index in [1.807, 2.05) is 52.0 Å². The summed E-state index contributed by atoms with van der Waals surface area (Å²) in [5, 5.41) is 3.41. The molecule has 0 fully saturated rings. The molecule has 0 aliphatic carbocycles. The number of amides is 2. The molecule has 2 rings (SSSR count). The number of carbonyl (C=O) groups excluding carboxylic acids is 2. The lowest BCUT2D eigenvalue weighted by molar-refractivity contribution is -0.143. The van der Waals surface area contributed by atoms with Crippen molar-refractivity contribution >= 4 is 39.3 Å². The summed E-state index contributed by atoms with van der Waals surface area (Å²) in [6, 6.07) is 12.6. The van der Waals surface area contributed by atoms with E-state index in [4.69, 9.17) is 16.3 Å². The first-order chi connectivity index (χ1) is 14.7. The number of nitrogens with one attached hydrogen (secondary N) is 1. The lowest BCUT2D eigenvalue weighted by Gasteiger charge is -2.31. The van der Waals surface area contributed by atoms with Gasteiger partial charge in [0.05, 0.1) is 5.02 Å². The van der Waals surface area contributed by atoms with E-state index in [0.717, 1.165) is 22.0 Å². The highest BCUT2D eigenvalue weighted by atomic mass is 79.9. The molecule has 0 unspecified atom stereocenters. The van der Waals surface area contributed by atoms with Crippen LogP contribution in [0.25, 0.3) is 0 Å². The Balaban J connectivity index is 2.23. The van der Waals surface area contributed by atoms with Gasteiger partial charge in [0.25, 0.3) is 5.91 Å². The molecule has 0 saturated carbocycles. The second-order valence-corrected chi connectivity index (χ2v) is 8.94. The maximum Gasteiger partial charge on any atom is 0.261 e. The smallest absolute Gasteiger partial charge is 0.261 e. The normalized spacial score (nSPS) is 12.7. The summed E-state index contributed by atoms with van der Waals surface area (Å²) in [7, 11) is 0. The van der Waals surface area contributed by atoms with Gasteiger partial charge in [0.1, 0.15) is 11.8 Å². The van der Waals surface area contributed by atoms with E-state index in [-0.39, 0.29) is 24.5 Å². The van der Waals surface area contributed by atoms with Crippen LogP contribution < -0.4 is 10.1 Å².